The number of aromatic nitrogens is 3. The van der Waals surface area contributed by atoms with Crippen molar-refractivity contribution in [1.82, 2.24) is 15.0 Å². The molecule has 3 aromatic rings. The van der Waals surface area contributed by atoms with Crippen LogP contribution in [0, 0.1) is 5.82 Å². The van der Waals surface area contributed by atoms with Crippen molar-refractivity contribution >= 4 is 17.3 Å². The maximum absolute atomic E-state index is 14.4. The van der Waals surface area contributed by atoms with Crippen LogP contribution >= 0.6 is 0 Å². The minimum absolute atomic E-state index is 0.269. The van der Waals surface area contributed by atoms with E-state index in [1.165, 1.54) is 6.07 Å². The van der Waals surface area contributed by atoms with Gasteiger partial charge in [-0.15, -0.1) is 0 Å². The van der Waals surface area contributed by atoms with Gasteiger partial charge in [-0.2, -0.15) is 0 Å². The molecule has 2 fully saturated rings. The zero-order valence-electron chi connectivity index (χ0n) is 18.4. The van der Waals surface area contributed by atoms with Gasteiger partial charge in [0, 0.05) is 38.2 Å². The van der Waals surface area contributed by atoms with Gasteiger partial charge >= 0.3 is 0 Å². The Morgan fingerprint density at radius 3 is 2.24 bits per heavy atom. The van der Waals surface area contributed by atoms with E-state index in [1.807, 2.05) is 24.4 Å². The Hall–Kier alpha value is -3.30. The highest BCUT2D eigenvalue weighted by atomic mass is 19.1. The SMILES string of the molecule is Nc1nc(-c2ccc(N3CCOCC3)cn2)nc(N2CCOCC2)c1Cc1ccccc1F. The highest BCUT2D eigenvalue weighted by Crippen LogP contribution is 2.30. The summed E-state index contributed by atoms with van der Waals surface area (Å²) < 4.78 is 25.3. The van der Waals surface area contributed by atoms with Crippen LogP contribution in [-0.4, -0.2) is 67.6 Å². The van der Waals surface area contributed by atoms with Crippen LogP contribution in [0.4, 0.5) is 21.7 Å². The van der Waals surface area contributed by atoms with E-state index in [0.717, 1.165) is 24.3 Å². The summed E-state index contributed by atoms with van der Waals surface area (Å²) in [6.07, 6.45) is 2.15. The number of halogens is 1. The van der Waals surface area contributed by atoms with Gasteiger partial charge in [0.05, 0.1) is 38.3 Å². The molecule has 0 saturated carbocycles. The van der Waals surface area contributed by atoms with Gasteiger partial charge in [0.15, 0.2) is 5.82 Å². The predicted octanol–water partition coefficient (Wildman–Crippen LogP) is 2.52. The van der Waals surface area contributed by atoms with E-state index >= 15 is 0 Å². The molecular formula is C24H27FN6O2. The molecule has 1 aromatic carbocycles. The van der Waals surface area contributed by atoms with E-state index in [9.17, 15) is 4.39 Å². The molecule has 172 valence electrons. The number of pyridine rings is 1. The summed E-state index contributed by atoms with van der Waals surface area (Å²) in [6, 6.07) is 10.6. The van der Waals surface area contributed by atoms with E-state index in [0.29, 0.717) is 74.7 Å². The molecule has 2 N–H and O–H groups in total. The number of nitrogens with two attached hydrogens (primary N) is 1. The molecule has 0 spiro atoms. The van der Waals surface area contributed by atoms with Crippen molar-refractivity contribution in [1.29, 1.82) is 0 Å². The van der Waals surface area contributed by atoms with Gasteiger partial charge in [-0.1, -0.05) is 18.2 Å². The molecule has 33 heavy (non-hydrogen) atoms. The molecule has 0 radical (unpaired) electrons. The average Bonchev–Trinajstić information content (AvgIpc) is 2.87. The van der Waals surface area contributed by atoms with Crippen LogP contribution in [0.15, 0.2) is 42.6 Å². The maximum Gasteiger partial charge on any atom is 0.182 e. The average molecular weight is 451 g/mol. The summed E-state index contributed by atoms with van der Waals surface area (Å²) in [5.74, 6) is 1.24. The van der Waals surface area contributed by atoms with E-state index in [2.05, 4.69) is 19.8 Å². The number of rotatable bonds is 5. The highest BCUT2D eigenvalue weighted by molar-refractivity contribution is 5.65. The molecule has 0 unspecified atom stereocenters. The number of nitrogen functional groups attached to an aromatic ring is 1. The van der Waals surface area contributed by atoms with Gasteiger partial charge in [0.2, 0.25) is 0 Å². The second kappa shape index (κ2) is 9.68. The van der Waals surface area contributed by atoms with E-state index in [-0.39, 0.29) is 5.82 Å². The Kier molecular flexibility index (Phi) is 6.32. The zero-order chi connectivity index (χ0) is 22.6. The Morgan fingerprint density at radius 2 is 1.58 bits per heavy atom. The molecule has 2 aliphatic heterocycles. The zero-order valence-corrected chi connectivity index (χ0v) is 18.4. The lowest BCUT2D eigenvalue weighted by molar-refractivity contribution is 0.122. The molecular weight excluding hydrogens is 423 g/mol. The van der Waals surface area contributed by atoms with Gasteiger partial charge in [0.1, 0.15) is 23.1 Å². The first-order valence-electron chi connectivity index (χ1n) is 11.2. The van der Waals surface area contributed by atoms with E-state index in [4.69, 9.17) is 20.2 Å². The van der Waals surface area contributed by atoms with Crippen LogP contribution < -0.4 is 15.5 Å². The molecule has 9 heteroatoms. The van der Waals surface area contributed by atoms with Crippen molar-refractivity contribution < 1.29 is 13.9 Å². The predicted molar refractivity (Wildman–Crippen MR) is 125 cm³/mol. The first kappa shape index (κ1) is 21.5. The quantitative estimate of drug-likeness (QED) is 0.634. The van der Waals surface area contributed by atoms with Gasteiger partial charge in [-0.25, -0.2) is 14.4 Å². The lowest BCUT2D eigenvalue weighted by Gasteiger charge is -2.30. The topological polar surface area (TPSA) is 89.6 Å². The summed E-state index contributed by atoms with van der Waals surface area (Å²) in [7, 11) is 0. The van der Waals surface area contributed by atoms with Gasteiger partial charge in [-0.3, -0.25) is 4.98 Å². The summed E-state index contributed by atoms with van der Waals surface area (Å²) in [6.45, 7) is 5.69. The Labute approximate surface area is 192 Å². The van der Waals surface area contributed by atoms with Gasteiger partial charge in [0.25, 0.3) is 0 Å². The van der Waals surface area contributed by atoms with Crippen LogP contribution in [0.3, 0.4) is 0 Å². The number of hydrogen-bond donors (Lipinski definition) is 1. The second-order valence-electron chi connectivity index (χ2n) is 8.10. The standard InChI is InChI=1S/C24H27FN6O2/c25-20-4-2-1-3-17(20)15-19-22(26)28-23(29-24(19)31-9-13-33-14-10-31)21-6-5-18(16-27-21)30-7-11-32-12-8-30/h1-6,16H,7-15H2,(H2,26,28,29). The lowest BCUT2D eigenvalue weighted by atomic mass is 10.0. The van der Waals surface area contributed by atoms with Crippen LogP contribution in [-0.2, 0) is 15.9 Å². The van der Waals surface area contributed by atoms with Crippen molar-refractivity contribution in [3.8, 4) is 11.5 Å². The number of nitrogens with zero attached hydrogens (tertiary/aromatic N) is 5. The van der Waals surface area contributed by atoms with Crippen molar-refractivity contribution in [3.63, 3.8) is 0 Å². The first-order valence-corrected chi connectivity index (χ1v) is 11.2. The van der Waals surface area contributed by atoms with Gasteiger partial charge in [-0.05, 0) is 23.8 Å². The summed E-state index contributed by atoms with van der Waals surface area (Å²) in [5, 5.41) is 0. The summed E-state index contributed by atoms with van der Waals surface area (Å²) in [5.41, 5.74) is 9.39. The number of benzene rings is 1. The smallest absolute Gasteiger partial charge is 0.182 e. The molecule has 0 amide bonds. The largest absolute Gasteiger partial charge is 0.383 e. The molecule has 0 aliphatic carbocycles. The summed E-state index contributed by atoms with van der Waals surface area (Å²) >= 11 is 0. The Morgan fingerprint density at radius 1 is 0.879 bits per heavy atom. The normalized spacial score (nSPS) is 16.8. The molecule has 8 nitrogen and oxygen atoms in total. The fourth-order valence-corrected chi connectivity index (χ4v) is 4.17. The van der Waals surface area contributed by atoms with Crippen LogP contribution in [0.25, 0.3) is 11.5 Å². The van der Waals surface area contributed by atoms with Crippen LogP contribution in [0.1, 0.15) is 11.1 Å². The molecule has 2 aliphatic rings. The van der Waals surface area contributed by atoms with Crippen molar-refractivity contribution in [2.75, 3.05) is 68.1 Å². The van der Waals surface area contributed by atoms with E-state index in [1.54, 1.807) is 12.1 Å². The van der Waals surface area contributed by atoms with Crippen LogP contribution in [0.2, 0.25) is 0 Å². The minimum atomic E-state index is -0.269. The number of morpholine rings is 2. The Bertz CT molecular complexity index is 1100. The van der Waals surface area contributed by atoms with Crippen molar-refractivity contribution in [3.05, 3.63) is 59.5 Å². The molecule has 5 rings (SSSR count). The molecule has 0 bridgehead atoms. The van der Waals surface area contributed by atoms with Crippen molar-refractivity contribution in [2.24, 2.45) is 0 Å². The Balaban J connectivity index is 1.49. The maximum atomic E-state index is 14.4. The highest BCUT2D eigenvalue weighted by Gasteiger charge is 2.22. The number of ether oxygens (including phenoxy) is 2. The van der Waals surface area contributed by atoms with Crippen molar-refractivity contribution in [2.45, 2.75) is 6.42 Å². The first-order chi connectivity index (χ1) is 16.2. The molecule has 0 atom stereocenters. The lowest BCUT2D eigenvalue weighted by Crippen LogP contribution is -2.37. The third-order valence-electron chi connectivity index (χ3n) is 6.01. The number of anilines is 3. The molecule has 2 aromatic heterocycles. The van der Waals surface area contributed by atoms with Gasteiger partial charge < -0.3 is 25.0 Å². The minimum Gasteiger partial charge on any atom is -0.383 e. The monoisotopic (exact) mass is 450 g/mol. The fourth-order valence-electron chi connectivity index (χ4n) is 4.17. The molecule has 2 saturated heterocycles. The third kappa shape index (κ3) is 4.74. The summed E-state index contributed by atoms with van der Waals surface area (Å²) in [4.78, 5) is 18.4. The second-order valence-corrected chi connectivity index (χ2v) is 8.10. The fraction of sp³-hybridized carbons (Fsp3) is 0.375. The third-order valence-corrected chi connectivity index (χ3v) is 6.01. The number of hydrogen-bond acceptors (Lipinski definition) is 8. The molecule has 4 heterocycles. The van der Waals surface area contributed by atoms with E-state index < -0.39 is 0 Å². The van der Waals surface area contributed by atoms with Crippen LogP contribution in [0.5, 0.6) is 0 Å².